The Kier molecular flexibility index (Phi) is 6.93. The fraction of sp³-hybridized carbons (Fsp3) is 0.308. The molecule has 1 aliphatic rings. The molecule has 190 valence electrons. The maximum Gasteiger partial charge on any atom is 0.253 e. The van der Waals surface area contributed by atoms with Crippen molar-refractivity contribution in [2.75, 3.05) is 12.8 Å². The van der Waals surface area contributed by atoms with Crippen molar-refractivity contribution in [2.24, 2.45) is 0 Å². The molecule has 4 aromatic rings. The number of nitrogens with one attached hydrogen (secondary N) is 2. The summed E-state index contributed by atoms with van der Waals surface area (Å²) in [6.45, 7) is 0. The van der Waals surface area contributed by atoms with Gasteiger partial charge in [0.25, 0.3) is 5.91 Å². The summed E-state index contributed by atoms with van der Waals surface area (Å²) in [5.74, 6) is 0.382. The minimum absolute atomic E-state index is 0.0123. The van der Waals surface area contributed by atoms with E-state index in [9.17, 15) is 9.59 Å². The van der Waals surface area contributed by atoms with Crippen molar-refractivity contribution in [3.05, 3.63) is 66.4 Å². The highest BCUT2D eigenvalue weighted by molar-refractivity contribution is 6.05. The molecule has 1 saturated carbocycles. The first-order valence-electron chi connectivity index (χ1n) is 12.1. The Bertz CT molecular complexity index is 1410. The summed E-state index contributed by atoms with van der Waals surface area (Å²) in [4.78, 5) is 38.2. The van der Waals surface area contributed by atoms with Crippen LogP contribution in [0.1, 0.15) is 41.7 Å². The molecule has 1 fully saturated rings. The van der Waals surface area contributed by atoms with E-state index >= 15 is 0 Å². The highest BCUT2D eigenvalue weighted by Crippen LogP contribution is 2.29. The summed E-state index contributed by atoms with van der Waals surface area (Å²) in [6.07, 6.45) is 8.00. The van der Waals surface area contributed by atoms with Crippen LogP contribution in [0.15, 0.2) is 55.1 Å². The number of carbonyl (C=O) groups excluding carboxylic acids is 2. The van der Waals surface area contributed by atoms with Gasteiger partial charge in [0.2, 0.25) is 11.8 Å². The van der Waals surface area contributed by atoms with Crippen LogP contribution in [0.2, 0.25) is 0 Å². The van der Waals surface area contributed by atoms with E-state index in [1.54, 1.807) is 36.2 Å². The lowest BCUT2D eigenvalue weighted by molar-refractivity contribution is -0.121. The first-order chi connectivity index (χ1) is 18.0. The monoisotopic (exact) mass is 500 g/mol. The summed E-state index contributed by atoms with van der Waals surface area (Å²) in [5.41, 5.74) is 9.20. The van der Waals surface area contributed by atoms with E-state index in [0.29, 0.717) is 22.7 Å². The van der Waals surface area contributed by atoms with Crippen molar-refractivity contribution >= 4 is 23.1 Å². The lowest BCUT2D eigenvalue weighted by Gasteiger charge is -2.29. The molecule has 11 heteroatoms. The number of aromatic nitrogens is 5. The second kappa shape index (κ2) is 10.6. The normalized spacial score (nSPS) is 17.3. The number of amides is 2. The van der Waals surface area contributed by atoms with E-state index in [-0.39, 0.29) is 36.1 Å². The number of nitrogens with zero attached hydrogens (tertiary/aromatic N) is 5. The van der Waals surface area contributed by atoms with Crippen LogP contribution >= 0.6 is 0 Å². The van der Waals surface area contributed by atoms with E-state index in [1.807, 2.05) is 24.3 Å². The smallest absolute Gasteiger partial charge is 0.253 e. The van der Waals surface area contributed by atoms with E-state index in [1.165, 1.54) is 6.33 Å². The number of nitrogens with two attached hydrogens (primary N) is 1. The van der Waals surface area contributed by atoms with Gasteiger partial charge >= 0.3 is 0 Å². The minimum Gasteiger partial charge on any atom is -0.481 e. The molecule has 0 saturated heterocycles. The Labute approximate surface area is 213 Å². The molecule has 1 aliphatic carbocycles. The van der Waals surface area contributed by atoms with Crippen LogP contribution in [0.3, 0.4) is 0 Å². The maximum absolute atomic E-state index is 13.4. The maximum atomic E-state index is 13.4. The predicted molar refractivity (Wildman–Crippen MR) is 137 cm³/mol. The SMILES string of the molecule is COc1cc(-c2cc(C(=O)NC3CCC(NC(=O)Cc4ccccn4)CC3)c3c(N)ncnn23)ccn1. The molecule has 0 aromatic carbocycles. The molecular weight excluding hydrogens is 472 g/mol. The van der Waals surface area contributed by atoms with Crippen LogP contribution in [0.4, 0.5) is 5.82 Å². The van der Waals surface area contributed by atoms with Crippen molar-refractivity contribution in [1.29, 1.82) is 0 Å². The summed E-state index contributed by atoms with van der Waals surface area (Å²) >= 11 is 0. The third-order valence-corrected chi connectivity index (χ3v) is 6.56. The van der Waals surface area contributed by atoms with Gasteiger partial charge in [0.05, 0.1) is 24.8 Å². The van der Waals surface area contributed by atoms with Gasteiger partial charge in [0.15, 0.2) is 5.82 Å². The van der Waals surface area contributed by atoms with Gasteiger partial charge < -0.3 is 21.1 Å². The number of rotatable bonds is 7. The summed E-state index contributed by atoms with van der Waals surface area (Å²) in [6, 6.07) is 10.9. The van der Waals surface area contributed by atoms with Gasteiger partial charge in [-0.15, -0.1) is 0 Å². The molecule has 11 nitrogen and oxygen atoms in total. The van der Waals surface area contributed by atoms with Crippen molar-refractivity contribution in [3.63, 3.8) is 0 Å². The molecule has 0 unspecified atom stereocenters. The van der Waals surface area contributed by atoms with Gasteiger partial charge in [-0.25, -0.2) is 14.5 Å². The first kappa shape index (κ1) is 24.2. The van der Waals surface area contributed by atoms with Crippen molar-refractivity contribution in [2.45, 2.75) is 44.2 Å². The topological polar surface area (TPSA) is 149 Å². The molecule has 0 radical (unpaired) electrons. The third kappa shape index (κ3) is 5.35. The Morgan fingerprint density at radius 1 is 1.03 bits per heavy atom. The van der Waals surface area contributed by atoms with Crippen LogP contribution in [-0.4, -0.2) is 55.6 Å². The average molecular weight is 501 g/mol. The van der Waals surface area contributed by atoms with E-state index in [2.05, 4.69) is 30.7 Å². The lowest BCUT2D eigenvalue weighted by atomic mass is 9.91. The lowest BCUT2D eigenvalue weighted by Crippen LogP contribution is -2.44. The van der Waals surface area contributed by atoms with Crippen molar-refractivity contribution in [1.82, 2.24) is 35.2 Å². The number of ether oxygens (including phenoxy) is 1. The summed E-state index contributed by atoms with van der Waals surface area (Å²) in [5, 5.41) is 10.6. The van der Waals surface area contributed by atoms with Gasteiger partial charge in [-0.05, 0) is 49.9 Å². The molecule has 4 N–H and O–H groups in total. The zero-order valence-corrected chi connectivity index (χ0v) is 20.4. The van der Waals surface area contributed by atoms with Crippen LogP contribution in [-0.2, 0) is 11.2 Å². The Hall–Kier alpha value is -4.54. The first-order valence-corrected chi connectivity index (χ1v) is 12.1. The standard InChI is InChI=1S/C26H28N8O3/c1-37-23-12-16(9-11-29-23)21-14-20(24-25(27)30-15-31-34(21)24)26(36)33-18-7-5-17(6-8-18)32-22(35)13-19-4-2-3-10-28-19/h2-4,9-12,14-15,17-18H,5-8,13H2,1H3,(H,32,35)(H,33,36)(H2,27,30,31). The number of hydrogen-bond acceptors (Lipinski definition) is 8. The number of pyridine rings is 2. The fourth-order valence-electron chi connectivity index (χ4n) is 4.72. The highest BCUT2D eigenvalue weighted by atomic mass is 16.5. The predicted octanol–water partition coefficient (Wildman–Crippen LogP) is 2.18. The van der Waals surface area contributed by atoms with Crippen molar-refractivity contribution in [3.8, 4) is 17.1 Å². The van der Waals surface area contributed by atoms with Crippen LogP contribution in [0, 0.1) is 0 Å². The number of nitrogen functional groups attached to an aromatic ring is 1. The molecule has 0 aliphatic heterocycles. The molecule has 0 bridgehead atoms. The second-order valence-electron chi connectivity index (χ2n) is 9.02. The molecule has 0 atom stereocenters. The summed E-state index contributed by atoms with van der Waals surface area (Å²) in [7, 11) is 1.54. The van der Waals surface area contributed by atoms with Crippen LogP contribution < -0.4 is 21.1 Å². The second-order valence-corrected chi connectivity index (χ2v) is 9.02. The van der Waals surface area contributed by atoms with E-state index < -0.39 is 0 Å². The van der Waals surface area contributed by atoms with Crippen LogP contribution in [0.25, 0.3) is 16.8 Å². The number of methoxy groups -OCH3 is 1. The zero-order valence-electron chi connectivity index (χ0n) is 20.4. The fourth-order valence-corrected chi connectivity index (χ4v) is 4.72. The zero-order chi connectivity index (χ0) is 25.8. The van der Waals surface area contributed by atoms with Crippen LogP contribution in [0.5, 0.6) is 5.88 Å². The van der Waals surface area contributed by atoms with Gasteiger partial charge in [-0.1, -0.05) is 6.07 Å². The number of carbonyl (C=O) groups is 2. The Morgan fingerprint density at radius 3 is 2.54 bits per heavy atom. The third-order valence-electron chi connectivity index (χ3n) is 6.56. The van der Waals surface area contributed by atoms with E-state index in [0.717, 1.165) is 36.9 Å². The molecule has 4 heterocycles. The van der Waals surface area contributed by atoms with Gasteiger partial charge in [-0.2, -0.15) is 5.10 Å². The number of anilines is 1. The number of hydrogen-bond donors (Lipinski definition) is 3. The van der Waals surface area contributed by atoms with Crippen molar-refractivity contribution < 1.29 is 14.3 Å². The Balaban J connectivity index is 1.25. The summed E-state index contributed by atoms with van der Waals surface area (Å²) < 4.78 is 6.85. The van der Waals surface area contributed by atoms with Gasteiger partial charge in [0, 0.05) is 41.8 Å². The highest BCUT2D eigenvalue weighted by Gasteiger charge is 2.26. The molecule has 0 spiro atoms. The van der Waals surface area contributed by atoms with Gasteiger partial charge in [0.1, 0.15) is 11.8 Å². The number of fused-ring (bicyclic) bond motifs is 1. The molecule has 2 amide bonds. The average Bonchev–Trinajstić information content (AvgIpc) is 3.32. The molecular formula is C26H28N8O3. The van der Waals surface area contributed by atoms with Gasteiger partial charge in [-0.3, -0.25) is 14.6 Å². The van der Waals surface area contributed by atoms with E-state index in [4.69, 9.17) is 10.5 Å². The minimum atomic E-state index is -0.242. The molecule has 37 heavy (non-hydrogen) atoms. The molecule has 4 aromatic heterocycles. The largest absolute Gasteiger partial charge is 0.481 e. The Morgan fingerprint density at radius 2 is 1.81 bits per heavy atom. The molecule has 5 rings (SSSR count). The quantitative estimate of drug-likeness (QED) is 0.349.